The van der Waals surface area contributed by atoms with E-state index in [2.05, 4.69) is 10.6 Å². The van der Waals surface area contributed by atoms with Gasteiger partial charge in [-0.3, -0.25) is 14.4 Å². The van der Waals surface area contributed by atoms with E-state index in [0.29, 0.717) is 29.4 Å². The van der Waals surface area contributed by atoms with Gasteiger partial charge in [-0.25, -0.2) is 0 Å². The molecule has 0 radical (unpaired) electrons. The van der Waals surface area contributed by atoms with E-state index in [9.17, 15) is 14.4 Å². The molecule has 0 spiro atoms. The topological polar surface area (TPSA) is 78.5 Å². The molecule has 0 saturated carbocycles. The molecule has 0 bridgehead atoms. The molecule has 3 amide bonds. The number of carbonyl (C=O) groups excluding carboxylic acids is 3. The third kappa shape index (κ3) is 4.89. The van der Waals surface area contributed by atoms with Crippen LogP contribution in [0.2, 0.25) is 5.02 Å². The summed E-state index contributed by atoms with van der Waals surface area (Å²) < 4.78 is 0. The maximum Gasteiger partial charge on any atom is 0.227 e. The second-order valence-corrected chi connectivity index (χ2v) is 7.16. The van der Waals surface area contributed by atoms with Gasteiger partial charge in [0.05, 0.1) is 23.8 Å². The highest BCUT2D eigenvalue weighted by Crippen LogP contribution is 2.30. The summed E-state index contributed by atoms with van der Waals surface area (Å²) in [6, 6.07) is 13.8. The third-order valence-corrected chi connectivity index (χ3v) is 4.83. The first-order valence-electron chi connectivity index (χ1n) is 9.16. The lowest BCUT2D eigenvalue weighted by atomic mass is 10.0. The highest BCUT2D eigenvalue weighted by molar-refractivity contribution is 6.30. The zero-order valence-electron chi connectivity index (χ0n) is 15.6. The lowest BCUT2D eigenvalue weighted by Crippen LogP contribution is -2.30. The Kier molecular flexibility index (Phi) is 6.31. The van der Waals surface area contributed by atoms with E-state index in [0.717, 1.165) is 12.0 Å². The van der Waals surface area contributed by atoms with Crippen molar-refractivity contribution in [3.05, 3.63) is 59.1 Å². The van der Waals surface area contributed by atoms with Crippen molar-refractivity contribution in [1.29, 1.82) is 0 Å². The number of rotatable bonds is 6. The summed E-state index contributed by atoms with van der Waals surface area (Å²) in [5, 5.41) is 6.27. The van der Waals surface area contributed by atoms with Gasteiger partial charge in [-0.05, 0) is 36.2 Å². The standard InChI is InChI=1S/C21H22ClN3O3/c1-14(26)23-18(15-8-10-16(22)11-9-15)13-20(27)24-17-5-2-3-6-19(17)25-12-4-7-21(25)28/h2-3,5-6,8-11,18H,4,7,12-13H2,1H3,(H,23,26)(H,24,27). The van der Waals surface area contributed by atoms with Gasteiger partial charge in [0, 0.05) is 24.9 Å². The van der Waals surface area contributed by atoms with Crippen molar-refractivity contribution >= 4 is 40.7 Å². The Morgan fingerprint density at radius 3 is 2.50 bits per heavy atom. The van der Waals surface area contributed by atoms with Gasteiger partial charge in [0.15, 0.2) is 0 Å². The number of amides is 3. The molecule has 1 aliphatic heterocycles. The summed E-state index contributed by atoms with van der Waals surface area (Å²) in [5.74, 6) is -0.428. The van der Waals surface area contributed by atoms with Crippen LogP contribution in [0.4, 0.5) is 11.4 Å². The molecule has 1 fully saturated rings. The zero-order chi connectivity index (χ0) is 20.1. The van der Waals surface area contributed by atoms with Crippen LogP contribution < -0.4 is 15.5 Å². The van der Waals surface area contributed by atoms with Crippen LogP contribution in [-0.4, -0.2) is 24.3 Å². The van der Waals surface area contributed by atoms with Crippen LogP contribution in [0, 0.1) is 0 Å². The van der Waals surface area contributed by atoms with Crippen molar-refractivity contribution in [3.63, 3.8) is 0 Å². The molecule has 1 saturated heterocycles. The van der Waals surface area contributed by atoms with E-state index in [-0.39, 0.29) is 24.1 Å². The first-order valence-corrected chi connectivity index (χ1v) is 9.53. The number of hydrogen-bond acceptors (Lipinski definition) is 3. The Morgan fingerprint density at radius 2 is 1.86 bits per heavy atom. The Bertz CT molecular complexity index is 883. The van der Waals surface area contributed by atoms with Gasteiger partial charge in [0.2, 0.25) is 17.7 Å². The van der Waals surface area contributed by atoms with E-state index in [1.807, 2.05) is 18.2 Å². The molecule has 3 rings (SSSR count). The molecule has 1 atom stereocenters. The number of benzene rings is 2. The van der Waals surface area contributed by atoms with Gasteiger partial charge in [0.1, 0.15) is 0 Å². The minimum atomic E-state index is -0.477. The minimum absolute atomic E-state index is 0.0546. The smallest absolute Gasteiger partial charge is 0.227 e. The molecule has 1 heterocycles. The van der Waals surface area contributed by atoms with Gasteiger partial charge in [-0.15, -0.1) is 0 Å². The van der Waals surface area contributed by atoms with Crippen LogP contribution in [0.1, 0.15) is 37.8 Å². The molecular formula is C21H22ClN3O3. The fourth-order valence-corrected chi connectivity index (χ4v) is 3.42. The quantitative estimate of drug-likeness (QED) is 0.777. The number of nitrogens with one attached hydrogen (secondary N) is 2. The number of nitrogens with zero attached hydrogens (tertiary/aromatic N) is 1. The Morgan fingerprint density at radius 1 is 1.14 bits per heavy atom. The van der Waals surface area contributed by atoms with Crippen molar-refractivity contribution in [3.8, 4) is 0 Å². The summed E-state index contributed by atoms with van der Waals surface area (Å²) in [4.78, 5) is 38.1. The van der Waals surface area contributed by atoms with Crippen molar-refractivity contribution in [2.45, 2.75) is 32.2 Å². The van der Waals surface area contributed by atoms with Gasteiger partial charge < -0.3 is 15.5 Å². The molecule has 7 heteroatoms. The fraction of sp³-hybridized carbons (Fsp3) is 0.286. The van der Waals surface area contributed by atoms with Crippen LogP contribution in [0.25, 0.3) is 0 Å². The number of halogens is 1. The maximum absolute atomic E-state index is 12.7. The lowest BCUT2D eigenvalue weighted by Gasteiger charge is -2.21. The molecule has 2 aromatic carbocycles. The second-order valence-electron chi connectivity index (χ2n) is 6.72. The van der Waals surface area contributed by atoms with Crippen LogP contribution >= 0.6 is 11.6 Å². The van der Waals surface area contributed by atoms with Crippen LogP contribution in [0.5, 0.6) is 0 Å². The van der Waals surface area contributed by atoms with E-state index in [1.165, 1.54) is 6.92 Å². The predicted octanol–water partition coefficient (Wildman–Crippen LogP) is 3.67. The average molecular weight is 400 g/mol. The zero-order valence-corrected chi connectivity index (χ0v) is 16.3. The Balaban J connectivity index is 1.75. The highest BCUT2D eigenvalue weighted by Gasteiger charge is 2.25. The van der Waals surface area contributed by atoms with Gasteiger partial charge in [-0.1, -0.05) is 35.9 Å². The largest absolute Gasteiger partial charge is 0.349 e. The van der Waals surface area contributed by atoms with Crippen molar-refractivity contribution in [1.82, 2.24) is 5.32 Å². The Labute approximate surface area is 168 Å². The summed E-state index contributed by atoms with van der Waals surface area (Å²) in [6.45, 7) is 2.06. The van der Waals surface area contributed by atoms with Crippen LogP contribution in [0.3, 0.4) is 0 Å². The molecule has 146 valence electrons. The number of hydrogen-bond donors (Lipinski definition) is 2. The molecule has 28 heavy (non-hydrogen) atoms. The van der Waals surface area contributed by atoms with E-state index in [1.54, 1.807) is 35.2 Å². The lowest BCUT2D eigenvalue weighted by molar-refractivity contribution is -0.121. The summed E-state index contributed by atoms with van der Waals surface area (Å²) in [7, 11) is 0. The summed E-state index contributed by atoms with van der Waals surface area (Å²) >= 11 is 5.93. The SMILES string of the molecule is CC(=O)NC(CC(=O)Nc1ccccc1N1CCCC1=O)c1ccc(Cl)cc1. The van der Waals surface area contributed by atoms with Crippen LogP contribution in [0.15, 0.2) is 48.5 Å². The van der Waals surface area contributed by atoms with Crippen molar-refractivity contribution < 1.29 is 14.4 Å². The maximum atomic E-state index is 12.7. The monoisotopic (exact) mass is 399 g/mol. The molecule has 0 aliphatic carbocycles. The van der Waals surface area contributed by atoms with Crippen molar-refractivity contribution in [2.24, 2.45) is 0 Å². The van der Waals surface area contributed by atoms with Gasteiger partial charge in [-0.2, -0.15) is 0 Å². The third-order valence-electron chi connectivity index (χ3n) is 4.58. The van der Waals surface area contributed by atoms with Crippen molar-refractivity contribution in [2.75, 3.05) is 16.8 Å². The van der Waals surface area contributed by atoms with Gasteiger partial charge in [0.25, 0.3) is 0 Å². The van der Waals surface area contributed by atoms with E-state index in [4.69, 9.17) is 11.6 Å². The predicted molar refractivity (Wildman–Crippen MR) is 109 cm³/mol. The van der Waals surface area contributed by atoms with E-state index < -0.39 is 6.04 Å². The fourth-order valence-electron chi connectivity index (χ4n) is 3.30. The first-order chi connectivity index (χ1) is 13.4. The summed E-state index contributed by atoms with van der Waals surface area (Å²) in [6.07, 6.45) is 1.38. The van der Waals surface area contributed by atoms with Gasteiger partial charge >= 0.3 is 0 Å². The highest BCUT2D eigenvalue weighted by atomic mass is 35.5. The number of carbonyl (C=O) groups is 3. The van der Waals surface area contributed by atoms with E-state index >= 15 is 0 Å². The Hall–Kier alpha value is -2.86. The normalized spacial score (nSPS) is 14.6. The molecule has 1 unspecified atom stereocenters. The summed E-state index contributed by atoms with van der Waals surface area (Å²) in [5.41, 5.74) is 2.07. The molecule has 1 aliphatic rings. The minimum Gasteiger partial charge on any atom is -0.349 e. The van der Waals surface area contributed by atoms with Crippen LogP contribution in [-0.2, 0) is 14.4 Å². The first kappa shape index (κ1) is 19.9. The molecule has 2 N–H and O–H groups in total. The molecular weight excluding hydrogens is 378 g/mol. The number of para-hydroxylation sites is 2. The molecule has 0 aromatic heterocycles. The molecule has 6 nitrogen and oxygen atoms in total. The second kappa shape index (κ2) is 8.89. The molecule has 2 aromatic rings. The number of anilines is 2. The average Bonchev–Trinajstić information content (AvgIpc) is 3.07.